The predicted molar refractivity (Wildman–Crippen MR) is 102 cm³/mol. The lowest BCUT2D eigenvalue weighted by Crippen LogP contribution is -2.62. The molecule has 1 N–H and O–H groups in total. The molecular formula is C18H24F3N3O4S. The quantitative estimate of drug-likeness (QED) is 0.786. The summed E-state index contributed by atoms with van der Waals surface area (Å²) in [6.07, 6.45) is -3.79. The number of aromatic nitrogens is 1. The highest BCUT2D eigenvalue weighted by atomic mass is 32.2. The zero-order valence-electron chi connectivity index (χ0n) is 16.4. The third-order valence-electron chi connectivity index (χ3n) is 4.44. The van der Waals surface area contributed by atoms with E-state index in [2.05, 4.69) is 4.98 Å². The second kappa shape index (κ2) is 9.21. The molecule has 2 amide bonds. The first-order valence-electron chi connectivity index (χ1n) is 8.86. The number of urea groups is 1. The number of carboxylic acids is 1. The normalized spacial score (nSPS) is 19.9. The fourth-order valence-electron chi connectivity index (χ4n) is 3.08. The number of carbonyl (C=O) groups excluding carboxylic acids is 1. The summed E-state index contributed by atoms with van der Waals surface area (Å²) in [5.74, 6) is -1.75. The van der Waals surface area contributed by atoms with E-state index in [1.165, 1.54) is 0 Å². The van der Waals surface area contributed by atoms with Crippen LogP contribution in [0.25, 0.3) is 0 Å². The van der Waals surface area contributed by atoms with Gasteiger partial charge in [0.2, 0.25) is 0 Å². The molecule has 2 saturated heterocycles. The molecule has 2 aliphatic heterocycles. The number of halogens is 3. The molecule has 1 spiro atoms. The lowest BCUT2D eigenvalue weighted by molar-refractivity contribution is -0.192. The van der Waals surface area contributed by atoms with Crippen molar-refractivity contribution in [3.63, 3.8) is 0 Å². The first-order chi connectivity index (χ1) is 13.4. The van der Waals surface area contributed by atoms with Crippen molar-refractivity contribution < 1.29 is 32.6 Å². The van der Waals surface area contributed by atoms with Gasteiger partial charge >= 0.3 is 18.2 Å². The molecular weight excluding hydrogens is 411 g/mol. The summed E-state index contributed by atoms with van der Waals surface area (Å²) in [4.78, 5) is 28.8. The summed E-state index contributed by atoms with van der Waals surface area (Å²) in [5, 5.41) is 7.12. The Labute approximate surface area is 171 Å². The number of hydrogen-bond donors (Lipinski definition) is 1. The highest BCUT2D eigenvalue weighted by molar-refractivity contribution is 8.01. The van der Waals surface area contributed by atoms with E-state index < -0.39 is 12.1 Å². The molecule has 7 nitrogen and oxygen atoms in total. The van der Waals surface area contributed by atoms with Crippen LogP contribution >= 0.6 is 11.8 Å². The van der Waals surface area contributed by atoms with Crippen LogP contribution in [0.1, 0.15) is 17.8 Å². The number of aliphatic carboxylic acids is 1. The standard InChI is InChI=1S/C16H23N3O2S.C2HF3O2/c1-12-5-4-6-13(17-12)8-21-14-7-16(22-9-14)10-19(11-16)15(20)18(2)3;3-2(4,5)1(6)7/h4-6,14H,7-11H2,1-3H3;(H,6,7). The van der Waals surface area contributed by atoms with Crippen LogP contribution in [0.3, 0.4) is 0 Å². The van der Waals surface area contributed by atoms with Gasteiger partial charge in [-0.05, 0) is 25.5 Å². The van der Waals surface area contributed by atoms with Gasteiger partial charge in [0.25, 0.3) is 0 Å². The number of pyridine rings is 1. The average Bonchev–Trinajstić information content (AvgIpc) is 3.02. The monoisotopic (exact) mass is 435 g/mol. The molecule has 0 aromatic carbocycles. The van der Waals surface area contributed by atoms with Gasteiger partial charge in [-0.1, -0.05) is 6.07 Å². The van der Waals surface area contributed by atoms with Crippen LogP contribution in [0.2, 0.25) is 0 Å². The molecule has 1 aromatic rings. The minimum absolute atomic E-state index is 0.111. The van der Waals surface area contributed by atoms with Crippen molar-refractivity contribution in [3.8, 4) is 0 Å². The highest BCUT2D eigenvalue weighted by Crippen LogP contribution is 2.46. The Hall–Kier alpha value is -2.01. The smallest absolute Gasteiger partial charge is 0.475 e. The third kappa shape index (κ3) is 6.49. The molecule has 0 saturated carbocycles. The Balaban J connectivity index is 0.000000370. The topological polar surface area (TPSA) is 83.0 Å². The number of ether oxygens (including phenoxy) is 1. The Bertz CT molecular complexity index is 739. The van der Waals surface area contributed by atoms with E-state index in [1.54, 1.807) is 19.0 Å². The number of amides is 2. The molecule has 11 heteroatoms. The summed E-state index contributed by atoms with van der Waals surface area (Å²) < 4.78 is 38.0. The van der Waals surface area contributed by atoms with Gasteiger partial charge < -0.3 is 19.6 Å². The lowest BCUT2D eigenvalue weighted by atomic mass is 9.93. The van der Waals surface area contributed by atoms with E-state index in [4.69, 9.17) is 14.6 Å². The number of carboxylic acid groups (broad SMARTS) is 1. The second-order valence-corrected chi connectivity index (χ2v) is 8.73. The van der Waals surface area contributed by atoms with Crippen molar-refractivity contribution in [3.05, 3.63) is 29.6 Å². The van der Waals surface area contributed by atoms with Gasteiger partial charge in [0, 0.05) is 38.6 Å². The zero-order valence-corrected chi connectivity index (χ0v) is 17.2. The molecule has 1 atom stereocenters. The fourth-order valence-corrected chi connectivity index (χ4v) is 4.63. The van der Waals surface area contributed by atoms with E-state index in [-0.39, 0.29) is 16.9 Å². The summed E-state index contributed by atoms with van der Waals surface area (Å²) in [6.45, 7) is 4.26. The van der Waals surface area contributed by atoms with Crippen molar-refractivity contribution in [1.82, 2.24) is 14.8 Å². The van der Waals surface area contributed by atoms with Gasteiger partial charge in [-0.15, -0.1) is 11.8 Å². The molecule has 1 aromatic heterocycles. The number of likely N-dealkylation sites (tertiary alicyclic amines) is 1. The third-order valence-corrected chi connectivity index (χ3v) is 6.02. The zero-order chi connectivity index (χ0) is 21.8. The Morgan fingerprint density at radius 1 is 1.38 bits per heavy atom. The van der Waals surface area contributed by atoms with Crippen molar-refractivity contribution >= 4 is 23.8 Å². The molecule has 3 heterocycles. The lowest BCUT2D eigenvalue weighted by Gasteiger charge is -2.48. The van der Waals surface area contributed by atoms with Crippen LogP contribution in [-0.4, -0.2) is 81.9 Å². The molecule has 0 bridgehead atoms. The van der Waals surface area contributed by atoms with Crippen molar-refractivity contribution in [2.75, 3.05) is 32.9 Å². The predicted octanol–water partition coefficient (Wildman–Crippen LogP) is 2.78. The number of nitrogens with zero attached hydrogens (tertiary/aromatic N) is 3. The molecule has 29 heavy (non-hydrogen) atoms. The number of thioether (sulfide) groups is 1. The Morgan fingerprint density at radius 3 is 2.52 bits per heavy atom. The van der Waals surface area contributed by atoms with Crippen molar-refractivity contribution in [1.29, 1.82) is 0 Å². The van der Waals surface area contributed by atoms with Gasteiger partial charge in [0.1, 0.15) is 0 Å². The molecule has 0 aliphatic carbocycles. The molecule has 2 aliphatic rings. The second-order valence-electron chi connectivity index (χ2n) is 7.24. The summed E-state index contributed by atoms with van der Waals surface area (Å²) >= 11 is 1.95. The summed E-state index contributed by atoms with van der Waals surface area (Å²) in [7, 11) is 3.60. The van der Waals surface area contributed by atoms with Crippen molar-refractivity contribution in [2.45, 2.75) is 37.0 Å². The molecule has 3 rings (SSSR count). The SMILES string of the molecule is Cc1cccc(COC2CSC3(C2)CN(C(=O)N(C)C)C3)n1.O=C(O)C(F)(F)F. The minimum atomic E-state index is -5.08. The van der Waals surface area contributed by atoms with E-state index in [0.717, 1.165) is 36.7 Å². The number of carbonyl (C=O) groups is 2. The van der Waals surface area contributed by atoms with E-state index in [9.17, 15) is 18.0 Å². The van der Waals surface area contributed by atoms with Gasteiger partial charge in [0.05, 0.1) is 23.2 Å². The van der Waals surface area contributed by atoms with Gasteiger partial charge in [-0.2, -0.15) is 13.2 Å². The maximum absolute atomic E-state index is 11.9. The number of alkyl halides is 3. The van der Waals surface area contributed by atoms with Gasteiger partial charge in [-0.3, -0.25) is 4.98 Å². The first-order valence-corrected chi connectivity index (χ1v) is 9.85. The van der Waals surface area contributed by atoms with Crippen LogP contribution in [0.15, 0.2) is 18.2 Å². The largest absolute Gasteiger partial charge is 0.490 e. The summed E-state index contributed by atoms with van der Waals surface area (Å²) in [5.41, 5.74) is 2.01. The van der Waals surface area contributed by atoms with Crippen LogP contribution in [0, 0.1) is 6.92 Å². The van der Waals surface area contributed by atoms with Crippen LogP contribution < -0.4 is 0 Å². The van der Waals surface area contributed by atoms with Gasteiger partial charge in [-0.25, -0.2) is 9.59 Å². The molecule has 2 fully saturated rings. The minimum Gasteiger partial charge on any atom is -0.475 e. The Morgan fingerprint density at radius 2 is 2.00 bits per heavy atom. The molecule has 162 valence electrons. The van der Waals surface area contributed by atoms with Crippen LogP contribution in [-0.2, 0) is 16.1 Å². The maximum Gasteiger partial charge on any atom is 0.490 e. The number of hydrogen-bond acceptors (Lipinski definition) is 5. The fraction of sp³-hybridized carbons (Fsp3) is 0.611. The summed E-state index contributed by atoms with van der Waals surface area (Å²) in [6, 6.07) is 6.13. The number of rotatable bonds is 3. The van der Waals surface area contributed by atoms with Gasteiger partial charge in [0.15, 0.2) is 0 Å². The van der Waals surface area contributed by atoms with Crippen LogP contribution in [0.4, 0.5) is 18.0 Å². The Kier molecular flexibility index (Phi) is 7.39. The average molecular weight is 435 g/mol. The maximum atomic E-state index is 11.9. The van der Waals surface area contributed by atoms with E-state index in [0.29, 0.717) is 6.61 Å². The van der Waals surface area contributed by atoms with Crippen molar-refractivity contribution in [2.24, 2.45) is 0 Å². The first kappa shape index (κ1) is 23.3. The van der Waals surface area contributed by atoms with E-state index >= 15 is 0 Å². The van der Waals surface area contributed by atoms with E-state index in [1.807, 2.05) is 41.8 Å². The molecule has 1 unspecified atom stereocenters. The highest BCUT2D eigenvalue weighted by Gasteiger charge is 2.51. The van der Waals surface area contributed by atoms with Crippen LogP contribution in [0.5, 0.6) is 0 Å². The molecule has 0 radical (unpaired) electrons. The number of aryl methyl sites for hydroxylation is 1.